The molecule has 0 aliphatic carbocycles. The highest BCUT2D eigenvalue weighted by atomic mass is 16.8. The van der Waals surface area contributed by atoms with Gasteiger partial charge < -0.3 is 150 Å². The molecule has 5 amide bonds. The monoisotopic (exact) mass is 1180 g/mol. The highest BCUT2D eigenvalue weighted by Crippen LogP contribution is 2.37. The molecule has 0 radical (unpaired) electrons. The van der Waals surface area contributed by atoms with Crippen molar-refractivity contribution in [2.24, 2.45) is 0 Å². The Kier molecular flexibility index (Phi) is 23.8. The minimum absolute atomic E-state index is 0.731. The lowest BCUT2D eigenvalue weighted by Crippen LogP contribution is -2.71. The van der Waals surface area contributed by atoms with Gasteiger partial charge in [-0.15, -0.1) is 0 Å². The van der Waals surface area contributed by atoms with Gasteiger partial charge in [-0.3, -0.25) is 24.0 Å². The molecule has 6 heterocycles. The van der Waals surface area contributed by atoms with E-state index in [1.54, 1.807) is 0 Å². The molecule has 466 valence electrons. The van der Waals surface area contributed by atoms with Gasteiger partial charge in [-0.05, 0) is 6.92 Å². The van der Waals surface area contributed by atoms with Crippen molar-refractivity contribution >= 4 is 29.5 Å². The zero-order chi connectivity index (χ0) is 60.1. The third kappa shape index (κ3) is 15.4. The second-order valence-corrected chi connectivity index (χ2v) is 20.5. The molecule has 0 aromatic carbocycles. The first-order valence-electron chi connectivity index (χ1n) is 25.9. The number of carbonyl (C=O) groups excluding carboxylic acids is 5. The number of hydrogen-bond acceptors (Lipinski definition) is 30. The molecule has 6 aliphatic heterocycles. The first-order chi connectivity index (χ1) is 38.1. The minimum atomic E-state index is -2.11. The van der Waals surface area contributed by atoms with Crippen LogP contribution in [-0.4, -0.2) is 318 Å². The van der Waals surface area contributed by atoms with Crippen LogP contribution in [0, 0.1) is 0 Å². The van der Waals surface area contributed by atoms with Gasteiger partial charge in [0.25, 0.3) is 0 Å². The van der Waals surface area contributed by atoms with Crippen molar-refractivity contribution in [2.75, 3.05) is 33.0 Å². The van der Waals surface area contributed by atoms with Crippen LogP contribution in [0.15, 0.2) is 0 Å². The fourth-order valence-corrected chi connectivity index (χ4v) is 10.4. The lowest BCUT2D eigenvalue weighted by atomic mass is 9.93. The average molecular weight is 1180 g/mol. The quantitative estimate of drug-likeness (QED) is 0.0538. The number of ether oxygens (including phenoxy) is 11. The predicted octanol–water partition coefficient (Wildman–Crippen LogP) is -12.4. The normalized spacial score (nSPS) is 45.7. The van der Waals surface area contributed by atoms with Crippen molar-refractivity contribution in [1.29, 1.82) is 0 Å². The van der Waals surface area contributed by atoms with Gasteiger partial charge in [0.05, 0.1) is 39.1 Å². The Bertz CT molecular complexity index is 2090. The van der Waals surface area contributed by atoms with E-state index < -0.39 is 246 Å². The molecule has 6 aliphatic rings. The maximum atomic E-state index is 13.1. The Labute approximate surface area is 461 Å². The van der Waals surface area contributed by atoms with E-state index >= 15 is 0 Å². The molecule has 81 heavy (non-hydrogen) atoms. The predicted molar refractivity (Wildman–Crippen MR) is 256 cm³/mol. The Balaban J connectivity index is 1.31. The molecule has 30 atom stereocenters. The molecule has 19 N–H and O–H groups in total. The number of rotatable bonds is 20. The van der Waals surface area contributed by atoms with E-state index in [1.807, 2.05) is 0 Å². The standard InChI is InChI=1S/C46H77N5O30/c1-12-28(61)35(68)36(69)46(72-12)81-40-27(51-17(6)60)42(76-21(10-55)38(40)79-44-24(48-14(3)57)33(66)30(63)19(8-53)75-44)71-11-22-31(64)39(26(41(70)73-22)50-16(5)59)80-45-25(49-15(4)58)34(67)37(20(9-54)77-45)78-43-23(47-13(2)56)32(65)29(62)18(7-52)74-43/h12,18-46,52-55,61-70H,7-11H2,1-6H3,(H,47,56)(H,48,57)(H,49,58)(H,50,59)(H,51,60)/t12-,18+,19+,20+,21+,22+,23+,24+,25+,26+,27+,28+,29-,30-,31-,32+,33+,34+,35+,36-,37+,38+,39+,40+,41?,42+,43-,44-,45-,46-/m0/s1. The van der Waals surface area contributed by atoms with Gasteiger partial charge in [-0.2, -0.15) is 0 Å². The summed E-state index contributed by atoms with van der Waals surface area (Å²) in [5.41, 5.74) is 0. The van der Waals surface area contributed by atoms with Crippen LogP contribution in [0.2, 0.25) is 0 Å². The highest BCUT2D eigenvalue weighted by Gasteiger charge is 2.58. The summed E-state index contributed by atoms with van der Waals surface area (Å²) in [6.45, 7) is 1.88. The van der Waals surface area contributed by atoms with E-state index in [2.05, 4.69) is 26.6 Å². The van der Waals surface area contributed by atoms with Crippen molar-refractivity contribution in [1.82, 2.24) is 26.6 Å². The van der Waals surface area contributed by atoms with E-state index in [4.69, 9.17) is 52.1 Å². The van der Waals surface area contributed by atoms with Crippen LogP contribution >= 0.6 is 0 Å². The Morgan fingerprint density at radius 3 is 1.20 bits per heavy atom. The molecule has 0 bridgehead atoms. The minimum Gasteiger partial charge on any atom is -0.394 e. The van der Waals surface area contributed by atoms with Crippen molar-refractivity contribution in [2.45, 2.75) is 225 Å². The largest absolute Gasteiger partial charge is 0.394 e. The first-order valence-corrected chi connectivity index (χ1v) is 25.9. The van der Waals surface area contributed by atoms with Crippen LogP contribution in [0.25, 0.3) is 0 Å². The second kappa shape index (κ2) is 29.0. The van der Waals surface area contributed by atoms with Gasteiger partial charge >= 0.3 is 0 Å². The molecular weight excluding hydrogens is 1100 g/mol. The topological polar surface area (TPSA) is 530 Å². The Hall–Kier alpha value is -3.65. The van der Waals surface area contributed by atoms with Gasteiger partial charge in [0.2, 0.25) is 29.5 Å². The molecule has 0 saturated carbocycles. The van der Waals surface area contributed by atoms with Crippen LogP contribution in [0.5, 0.6) is 0 Å². The van der Waals surface area contributed by atoms with Gasteiger partial charge in [-0.25, -0.2) is 0 Å². The third-order valence-electron chi connectivity index (χ3n) is 14.4. The SMILES string of the molecule is CC(=O)N[C@H]1[C@H](O[C@H]2[C@@H](O)[C@@H](CO[C@@H]3O[C@H](CO)[C@@H](O[C@@H]4O[C@H](CO)[C@H](O)[C@H](O)[C@H]4NC(C)=O)[C@H](O[C@@H]4O[C@@H](C)[C@@H](O)[C@@H](O)[C@@H]4O)[C@H]3NC(C)=O)OC(O)[C@@H]2NC(C)=O)O[C@H](CO)[C@@H](O[C@@H]2O[C@H](CO)[C@H](O)[C@H](O)[C@H]2NC(C)=O)[C@@H]1O. The smallest absolute Gasteiger partial charge is 0.217 e. The molecule has 35 heteroatoms. The zero-order valence-corrected chi connectivity index (χ0v) is 44.6. The third-order valence-corrected chi connectivity index (χ3v) is 14.4. The van der Waals surface area contributed by atoms with Gasteiger partial charge in [0.1, 0.15) is 140 Å². The molecule has 0 aromatic rings. The number of amides is 5. The van der Waals surface area contributed by atoms with E-state index in [9.17, 15) is 95.5 Å². The summed E-state index contributed by atoms with van der Waals surface area (Å²) in [6.07, 6.45) is -44.9. The van der Waals surface area contributed by atoms with E-state index in [-0.39, 0.29) is 0 Å². The summed E-state index contributed by atoms with van der Waals surface area (Å²) in [7, 11) is 0. The molecule has 6 rings (SSSR count). The van der Waals surface area contributed by atoms with Crippen LogP contribution < -0.4 is 26.6 Å². The summed E-state index contributed by atoms with van der Waals surface area (Å²) in [4.78, 5) is 62.9. The van der Waals surface area contributed by atoms with Crippen molar-refractivity contribution in [3.05, 3.63) is 0 Å². The average Bonchev–Trinajstić information content (AvgIpc) is 3.59. The van der Waals surface area contributed by atoms with Gasteiger partial charge in [0.15, 0.2) is 37.7 Å². The number of carbonyl (C=O) groups is 5. The molecule has 6 saturated heterocycles. The van der Waals surface area contributed by atoms with E-state index in [0.717, 1.165) is 34.6 Å². The number of aliphatic hydroxyl groups excluding tert-OH is 14. The number of aliphatic hydroxyl groups is 14. The summed E-state index contributed by atoms with van der Waals surface area (Å²) in [5.74, 6) is -3.96. The molecule has 6 fully saturated rings. The van der Waals surface area contributed by atoms with Crippen molar-refractivity contribution in [3.8, 4) is 0 Å². The van der Waals surface area contributed by atoms with Crippen molar-refractivity contribution < 1.29 is 148 Å². The number of hydrogen-bond donors (Lipinski definition) is 19. The first kappa shape index (κ1) is 66.5. The van der Waals surface area contributed by atoms with Crippen molar-refractivity contribution in [3.63, 3.8) is 0 Å². The van der Waals surface area contributed by atoms with Gasteiger partial charge in [-0.1, -0.05) is 0 Å². The molecule has 1 unspecified atom stereocenters. The highest BCUT2D eigenvalue weighted by molar-refractivity contribution is 5.75. The molecule has 0 aromatic heterocycles. The Morgan fingerprint density at radius 1 is 0.346 bits per heavy atom. The maximum absolute atomic E-state index is 13.1. The molecule has 0 spiro atoms. The Morgan fingerprint density at radius 2 is 0.728 bits per heavy atom. The fourth-order valence-electron chi connectivity index (χ4n) is 10.4. The van der Waals surface area contributed by atoms with Crippen LogP contribution in [0.3, 0.4) is 0 Å². The van der Waals surface area contributed by atoms with E-state index in [0.29, 0.717) is 0 Å². The summed E-state index contributed by atoms with van der Waals surface area (Å²) < 4.78 is 65.8. The summed E-state index contributed by atoms with van der Waals surface area (Å²) in [6, 6.07) is -8.33. The maximum Gasteiger partial charge on any atom is 0.217 e. The summed E-state index contributed by atoms with van der Waals surface area (Å²) in [5, 5.41) is 165. The number of nitrogens with one attached hydrogen (secondary N) is 5. The van der Waals surface area contributed by atoms with E-state index in [1.165, 1.54) is 6.92 Å². The van der Waals surface area contributed by atoms with Gasteiger partial charge in [0, 0.05) is 34.6 Å². The molecular formula is C46H77N5O30. The fraction of sp³-hybridized carbons (Fsp3) is 0.891. The lowest BCUT2D eigenvalue weighted by Gasteiger charge is -2.51. The zero-order valence-electron chi connectivity index (χ0n) is 44.6. The van der Waals surface area contributed by atoms with Crippen LogP contribution in [0.4, 0.5) is 0 Å². The lowest BCUT2D eigenvalue weighted by molar-refractivity contribution is -0.369. The second-order valence-electron chi connectivity index (χ2n) is 20.5. The summed E-state index contributed by atoms with van der Waals surface area (Å²) >= 11 is 0. The van der Waals surface area contributed by atoms with Crippen LogP contribution in [0.1, 0.15) is 41.5 Å². The molecule has 35 nitrogen and oxygen atoms in total. The van der Waals surface area contributed by atoms with Crippen LogP contribution in [-0.2, 0) is 76.1 Å².